The summed E-state index contributed by atoms with van der Waals surface area (Å²) >= 11 is 0. The summed E-state index contributed by atoms with van der Waals surface area (Å²) in [5.74, 6) is 5.24. The van der Waals surface area contributed by atoms with Crippen molar-refractivity contribution < 1.29 is 14.2 Å². The van der Waals surface area contributed by atoms with Crippen molar-refractivity contribution in [3.63, 3.8) is 0 Å². The summed E-state index contributed by atoms with van der Waals surface area (Å²) in [6, 6.07) is 44.7. The Labute approximate surface area is 326 Å². The Bertz CT molecular complexity index is 2820. The van der Waals surface area contributed by atoms with Crippen LogP contribution < -0.4 is 14.2 Å². The summed E-state index contributed by atoms with van der Waals surface area (Å²) < 4.78 is 24.1. The molecular weight excluding hydrogens is 693 g/mol. The number of nitrogens with zero attached hydrogens (tertiary/aromatic N) is 4. The number of para-hydroxylation sites is 3. The van der Waals surface area contributed by atoms with Crippen molar-refractivity contribution in [1.82, 2.24) is 19.3 Å². The normalized spacial score (nSPS) is 11.3. The van der Waals surface area contributed by atoms with E-state index in [4.69, 9.17) is 24.3 Å². The van der Waals surface area contributed by atoms with Crippen LogP contribution in [0.5, 0.6) is 34.5 Å². The number of hydrogen-bond acceptors (Lipinski definition) is 5. The SMILES string of the molecule is Cc1cc(Oc2ccc3c4ccccc4n(-c4cc(C)ccn4)c3c2)cc(-n2cc(-c3c(Oc4ccccc4)c(C)c(C)c(C)c3Oc3ccccc3)cn2)c1. The zero-order chi connectivity index (χ0) is 38.3. The Balaban J connectivity index is 1.11. The van der Waals surface area contributed by atoms with E-state index in [9.17, 15) is 0 Å². The molecule has 0 saturated heterocycles. The van der Waals surface area contributed by atoms with Crippen molar-refractivity contribution >= 4 is 21.8 Å². The van der Waals surface area contributed by atoms with Crippen molar-refractivity contribution in [1.29, 1.82) is 0 Å². The molecule has 56 heavy (non-hydrogen) atoms. The average molecular weight is 733 g/mol. The molecule has 7 nitrogen and oxygen atoms in total. The molecule has 0 aliphatic rings. The van der Waals surface area contributed by atoms with E-state index in [1.165, 1.54) is 5.39 Å². The fraction of sp³-hybridized carbons (Fsp3) is 0.102. The van der Waals surface area contributed by atoms with Crippen LogP contribution in [-0.4, -0.2) is 19.3 Å². The van der Waals surface area contributed by atoms with E-state index < -0.39 is 0 Å². The molecule has 0 saturated carbocycles. The Morgan fingerprint density at radius 1 is 0.500 bits per heavy atom. The zero-order valence-corrected chi connectivity index (χ0v) is 31.9. The van der Waals surface area contributed by atoms with Crippen LogP contribution in [0.2, 0.25) is 0 Å². The van der Waals surface area contributed by atoms with E-state index in [-0.39, 0.29) is 0 Å². The molecule has 6 aromatic carbocycles. The van der Waals surface area contributed by atoms with Crippen LogP contribution in [0.15, 0.2) is 152 Å². The van der Waals surface area contributed by atoms with Gasteiger partial charge in [-0.15, -0.1) is 0 Å². The van der Waals surface area contributed by atoms with Crippen LogP contribution in [0.1, 0.15) is 27.8 Å². The van der Waals surface area contributed by atoms with Gasteiger partial charge in [0.25, 0.3) is 0 Å². The van der Waals surface area contributed by atoms with Crippen LogP contribution in [0.3, 0.4) is 0 Å². The number of aryl methyl sites for hydroxylation is 2. The summed E-state index contributed by atoms with van der Waals surface area (Å²) in [4.78, 5) is 4.74. The molecule has 9 rings (SSSR count). The third kappa shape index (κ3) is 6.43. The van der Waals surface area contributed by atoms with Crippen molar-refractivity contribution in [2.45, 2.75) is 34.6 Å². The second-order valence-corrected chi connectivity index (χ2v) is 14.2. The first kappa shape index (κ1) is 34.6. The molecule has 0 fully saturated rings. The number of rotatable bonds is 9. The summed E-state index contributed by atoms with van der Waals surface area (Å²) in [7, 11) is 0. The summed E-state index contributed by atoms with van der Waals surface area (Å²) in [5, 5.41) is 7.19. The van der Waals surface area contributed by atoms with Gasteiger partial charge in [-0.3, -0.25) is 4.57 Å². The van der Waals surface area contributed by atoms with Crippen LogP contribution in [0, 0.1) is 34.6 Å². The number of pyridine rings is 1. The molecule has 0 N–H and O–H groups in total. The molecule has 0 bridgehead atoms. The predicted octanol–water partition coefficient (Wildman–Crippen LogP) is 13.0. The Morgan fingerprint density at radius 2 is 1.16 bits per heavy atom. The summed E-state index contributed by atoms with van der Waals surface area (Å²) in [6.07, 6.45) is 5.75. The lowest BCUT2D eigenvalue weighted by molar-refractivity contribution is 0.458. The minimum atomic E-state index is 0.705. The zero-order valence-electron chi connectivity index (χ0n) is 31.9. The fourth-order valence-electron chi connectivity index (χ4n) is 7.38. The van der Waals surface area contributed by atoms with E-state index in [1.54, 1.807) is 0 Å². The smallest absolute Gasteiger partial charge is 0.142 e. The highest BCUT2D eigenvalue weighted by Gasteiger charge is 2.25. The minimum Gasteiger partial charge on any atom is -0.457 e. The van der Waals surface area contributed by atoms with Crippen LogP contribution in [0.25, 0.3) is 44.4 Å². The minimum absolute atomic E-state index is 0.705. The topological polar surface area (TPSA) is 63.3 Å². The largest absolute Gasteiger partial charge is 0.457 e. The third-order valence-electron chi connectivity index (χ3n) is 10.4. The number of hydrogen-bond donors (Lipinski definition) is 0. The number of benzene rings is 6. The molecule has 9 aromatic rings. The van der Waals surface area contributed by atoms with Crippen LogP contribution in [0.4, 0.5) is 0 Å². The molecule has 0 amide bonds. The Kier molecular flexibility index (Phi) is 8.82. The van der Waals surface area contributed by atoms with Crippen molar-refractivity contribution in [3.05, 3.63) is 180 Å². The quantitative estimate of drug-likeness (QED) is 0.148. The van der Waals surface area contributed by atoms with Crippen molar-refractivity contribution in [3.8, 4) is 57.1 Å². The number of aromatic nitrogens is 4. The molecular formula is C49H40N4O3. The Morgan fingerprint density at radius 3 is 1.86 bits per heavy atom. The first-order valence-electron chi connectivity index (χ1n) is 18.7. The molecule has 0 unspecified atom stereocenters. The van der Waals surface area contributed by atoms with Gasteiger partial charge in [-0.2, -0.15) is 5.10 Å². The summed E-state index contributed by atoms with van der Waals surface area (Å²) in [5.41, 5.74) is 10.0. The third-order valence-corrected chi connectivity index (χ3v) is 10.4. The molecule has 3 aromatic heterocycles. The van der Waals surface area contributed by atoms with Gasteiger partial charge < -0.3 is 14.2 Å². The van der Waals surface area contributed by atoms with Gasteiger partial charge in [0.1, 0.15) is 40.3 Å². The van der Waals surface area contributed by atoms with Gasteiger partial charge in [0.05, 0.1) is 28.5 Å². The van der Waals surface area contributed by atoms with Gasteiger partial charge in [0, 0.05) is 40.9 Å². The lowest BCUT2D eigenvalue weighted by Crippen LogP contribution is -2.01. The highest BCUT2D eigenvalue weighted by molar-refractivity contribution is 6.09. The van der Waals surface area contributed by atoms with Gasteiger partial charge in [0.2, 0.25) is 0 Å². The maximum atomic E-state index is 6.68. The van der Waals surface area contributed by atoms with E-state index >= 15 is 0 Å². The lowest BCUT2D eigenvalue weighted by atomic mass is 9.94. The maximum absolute atomic E-state index is 6.68. The number of fused-ring (bicyclic) bond motifs is 3. The van der Waals surface area contributed by atoms with Gasteiger partial charge in [0.15, 0.2) is 0 Å². The van der Waals surface area contributed by atoms with Crippen molar-refractivity contribution in [2.75, 3.05) is 0 Å². The predicted molar refractivity (Wildman–Crippen MR) is 224 cm³/mol. The molecule has 3 heterocycles. The second-order valence-electron chi connectivity index (χ2n) is 14.2. The Hall–Kier alpha value is -7.12. The molecule has 274 valence electrons. The first-order chi connectivity index (χ1) is 27.3. The summed E-state index contributed by atoms with van der Waals surface area (Å²) in [6.45, 7) is 10.5. The van der Waals surface area contributed by atoms with Gasteiger partial charge in [-0.25, -0.2) is 9.67 Å². The average Bonchev–Trinajstić information content (AvgIpc) is 3.83. The standard InChI is InChI=1S/C49H40N4O3/c1-31-22-23-50-46(26-31)53-44-19-13-12-18-42(44)43-21-20-40(28-45(43)53)54-41-25-32(2)24-37(27-41)52-30-36(29-51-52)47-48(55-38-14-8-6-9-15-38)34(4)33(3)35(5)49(47)56-39-16-10-7-11-17-39/h6-30H,1-5H3. The van der Waals surface area contributed by atoms with Crippen LogP contribution in [-0.2, 0) is 0 Å². The van der Waals surface area contributed by atoms with E-state index in [1.807, 2.05) is 108 Å². The molecule has 0 aliphatic carbocycles. The van der Waals surface area contributed by atoms with Gasteiger partial charge in [-0.05, 0) is 129 Å². The fourth-order valence-corrected chi connectivity index (χ4v) is 7.38. The van der Waals surface area contributed by atoms with Gasteiger partial charge >= 0.3 is 0 Å². The molecule has 0 aliphatic heterocycles. The van der Waals surface area contributed by atoms with E-state index in [0.29, 0.717) is 5.75 Å². The molecule has 7 heteroatoms. The van der Waals surface area contributed by atoms with E-state index in [2.05, 4.69) is 87.7 Å². The molecule has 0 atom stereocenters. The first-order valence-corrected chi connectivity index (χ1v) is 18.7. The molecule has 0 spiro atoms. The highest BCUT2D eigenvalue weighted by atomic mass is 16.5. The lowest BCUT2D eigenvalue weighted by Gasteiger charge is -2.22. The number of ether oxygens (including phenoxy) is 3. The van der Waals surface area contributed by atoms with E-state index in [0.717, 1.165) is 95.6 Å². The molecule has 0 radical (unpaired) electrons. The van der Waals surface area contributed by atoms with Crippen LogP contribution >= 0.6 is 0 Å². The van der Waals surface area contributed by atoms with Crippen molar-refractivity contribution in [2.24, 2.45) is 0 Å². The van der Waals surface area contributed by atoms with Gasteiger partial charge in [-0.1, -0.05) is 54.6 Å². The highest BCUT2D eigenvalue weighted by Crippen LogP contribution is 2.48. The second kappa shape index (κ2) is 14.3. The maximum Gasteiger partial charge on any atom is 0.142 e. The monoisotopic (exact) mass is 732 g/mol.